The average Bonchev–Trinajstić information content (AvgIpc) is 2.87. The van der Waals surface area contributed by atoms with Gasteiger partial charge in [-0.25, -0.2) is 13.8 Å². The molecule has 3 rings (SSSR count). The molecule has 0 fully saturated rings. The molecule has 0 saturated heterocycles. The maximum Gasteiger partial charge on any atom is 0.264 e. The zero-order valence-electron chi connectivity index (χ0n) is 19.9. The molecule has 0 heterocycles. The zero-order valence-corrected chi connectivity index (χ0v) is 20.7. The predicted octanol–water partition coefficient (Wildman–Crippen LogP) is 3.37. The molecule has 0 unspecified atom stereocenters. The highest BCUT2D eigenvalue weighted by molar-refractivity contribution is 7.92. The van der Waals surface area contributed by atoms with Crippen LogP contribution in [0.4, 0.5) is 5.69 Å². The lowest BCUT2D eigenvalue weighted by molar-refractivity contribution is -0.119. The van der Waals surface area contributed by atoms with Crippen molar-refractivity contribution in [1.82, 2.24) is 5.43 Å². The third-order valence-corrected chi connectivity index (χ3v) is 6.86. The van der Waals surface area contributed by atoms with Gasteiger partial charge in [-0.2, -0.15) is 5.10 Å². The standard InChI is InChI=1S/C25H27N3O6S/c1-18-9-12-21(13-10-18)35(30,31)28(22-14-11-20(32-2)15-24(22)34-4)17-25(29)27-26-16-19-7-5-6-8-23(19)33-3/h5-16H,17H2,1-4H3,(H,27,29)/b26-16-. The number of aryl methyl sites for hydroxylation is 1. The Labute approximate surface area is 205 Å². The van der Waals surface area contributed by atoms with Gasteiger partial charge in [-0.15, -0.1) is 0 Å². The van der Waals surface area contributed by atoms with Crippen LogP contribution in [0, 0.1) is 6.92 Å². The van der Waals surface area contributed by atoms with E-state index >= 15 is 0 Å². The molecule has 1 N–H and O–H groups in total. The smallest absolute Gasteiger partial charge is 0.264 e. The topological polar surface area (TPSA) is 107 Å². The molecule has 0 bridgehead atoms. The number of carbonyl (C=O) groups excluding carboxylic acids is 1. The number of benzene rings is 3. The van der Waals surface area contributed by atoms with Gasteiger partial charge in [0.05, 0.1) is 38.1 Å². The van der Waals surface area contributed by atoms with E-state index in [2.05, 4.69) is 10.5 Å². The van der Waals surface area contributed by atoms with E-state index < -0.39 is 22.5 Å². The Kier molecular flexibility index (Phi) is 8.32. The number of nitrogens with one attached hydrogen (secondary N) is 1. The van der Waals surface area contributed by atoms with Gasteiger partial charge in [-0.05, 0) is 43.3 Å². The molecule has 0 atom stereocenters. The largest absolute Gasteiger partial charge is 0.497 e. The van der Waals surface area contributed by atoms with Crippen molar-refractivity contribution in [1.29, 1.82) is 0 Å². The van der Waals surface area contributed by atoms with Gasteiger partial charge in [-0.3, -0.25) is 9.10 Å². The van der Waals surface area contributed by atoms with Crippen molar-refractivity contribution in [2.45, 2.75) is 11.8 Å². The van der Waals surface area contributed by atoms with Crippen LogP contribution in [0.5, 0.6) is 17.2 Å². The summed E-state index contributed by atoms with van der Waals surface area (Å²) >= 11 is 0. The number of para-hydroxylation sites is 1. The highest BCUT2D eigenvalue weighted by Gasteiger charge is 2.29. The van der Waals surface area contributed by atoms with Crippen molar-refractivity contribution in [3.8, 4) is 17.2 Å². The highest BCUT2D eigenvalue weighted by atomic mass is 32.2. The number of anilines is 1. The fourth-order valence-corrected chi connectivity index (χ4v) is 4.67. The third kappa shape index (κ3) is 6.10. The van der Waals surface area contributed by atoms with E-state index in [9.17, 15) is 13.2 Å². The van der Waals surface area contributed by atoms with Crippen LogP contribution in [0.15, 0.2) is 76.7 Å². The molecule has 0 radical (unpaired) electrons. The van der Waals surface area contributed by atoms with Crippen LogP contribution in [-0.4, -0.2) is 48.4 Å². The van der Waals surface area contributed by atoms with E-state index in [0.717, 1.165) is 9.87 Å². The molecule has 0 aromatic heterocycles. The van der Waals surface area contributed by atoms with Crippen molar-refractivity contribution < 1.29 is 27.4 Å². The lowest BCUT2D eigenvalue weighted by Crippen LogP contribution is -2.39. The number of ether oxygens (including phenoxy) is 3. The molecule has 10 heteroatoms. The first-order valence-electron chi connectivity index (χ1n) is 10.6. The number of nitrogens with zero attached hydrogens (tertiary/aromatic N) is 2. The number of hydrazone groups is 1. The maximum atomic E-state index is 13.6. The van der Waals surface area contributed by atoms with Crippen LogP contribution in [0.3, 0.4) is 0 Å². The fraction of sp³-hybridized carbons (Fsp3) is 0.200. The van der Waals surface area contributed by atoms with Gasteiger partial charge in [0, 0.05) is 11.6 Å². The lowest BCUT2D eigenvalue weighted by Gasteiger charge is -2.25. The van der Waals surface area contributed by atoms with Gasteiger partial charge in [0.1, 0.15) is 23.8 Å². The van der Waals surface area contributed by atoms with E-state index in [0.29, 0.717) is 17.1 Å². The van der Waals surface area contributed by atoms with Crippen LogP contribution >= 0.6 is 0 Å². The molecule has 3 aromatic rings. The van der Waals surface area contributed by atoms with Gasteiger partial charge < -0.3 is 14.2 Å². The molecule has 1 amide bonds. The van der Waals surface area contributed by atoms with Crippen molar-refractivity contribution in [2.24, 2.45) is 5.10 Å². The summed E-state index contributed by atoms with van der Waals surface area (Å²) in [4.78, 5) is 12.8. The summed E-state index contributed by atoms with van der Waals surface area (Å²) in [5.74, 6) is 0.635. The second-order valence-electron chi connectivity index (χ2n) is 7.40. The maximum absolute atomic E-state index is 13.6. The number of sulfonamides is 1. The van der Waals surface area contributed by atoms with Crippen LogP contribution in [0.2, 0.25) is 0 Å². The number of carbonyl (C=O) groups is 1. The van der Waals surface area contributed by atoms with Gasteiger partial charge in [-0.1, -0.05) is 29.8 Å². The Balaban J connectivity index is 1.93. The summed E-state index contributed by atoms with van der Waals surface area (Å²) in [5, 5.41) is 3.96. The SMILES string of the molecule is COc1ccc(N(CC(=O)N/N=C\c2ccccc2OC)S(=O)(=O)c2ccc(C)cc2)c(OC)c1. The van der Waals surface area contributed by atoms with Crippen LogP contribution in [0.1, 0.15) is 11.1 Å². The summed E-state index contributed by atoms with van der Waals surface area (Å²) in [6.07, 6.45) is 1.42. The van der Waals surface area contributed by atoms with Gasteiger partial charge >= 0.3 is 0 Å². The number of hydrogen-bond acceptors (Lipinski definition) is 7. The minimum absolute atomic E-state index is 0.0336. The lowest BCUT2D eigenvalue weighted by atomic mass is 10.2. The van der Waals surface area contributed by atoms with Gasteiger partial charge in [0.25, 0.3) is 15.9 Å². The monoisotopic (exact) mass is 497 g/mol. The highest BCUT2D eigenvalue weighted by Crippen LogP contribution is 2.35. The van der Waals surface area contributed by atoms with E-state index in [1.54, 1.807) is 42.5 Å². The minimum atomic E-state index is -4.13. The Morgan fingerprint density at radius 2 is 1.63 bits per heavy atom. The van der Waals surface area contributed by atoms with Crippen molar-refractivity contribution in [2.75, 3.05) is 32.2 Å². The van der Waals surface area contributed by atoms with Gasteiger partial charge in [0.15, 0.2) is 0 Å². The van der Waals surface area contributed by atoms with Crippen molar-refractivity contribution >= 4 is 27.8 Å². The van der Waals surface area contributed by atoms with Crippen molar-refractivity contribution in [3.63, 3.8) is 0 Å². The molecule has 3 aromatic carbocycles. The first kappa shape index (κ1) is 25.6. The second kappa shape index (κ2) is 11.4. The molecular weight excluding hydrogens is 470 g/mol. The second-order valence-corrected chi connectivity index (χ2v) is 9.26. The summed E-state index contributed by atoms with van der Waals surface area (Å²) < 4.78 is 44.0. The zero-order chi connectivity index (χ0) is 25.4. The summed E-state index contributed by atoms with van der Waals surface area (Å²) in [5.41, 5.74) is 4.11. The number of hydrogen-bond donors (Lipinski definition) is 1. The van der Waals surface area contributed by atoms with Crippen LogP contribution in [0.25, 0.3) is 0 Å². The Morgan fingerprint density at radius 1 is 0.943 bits per heavy atom. The van der Waals surface area contributed by atoms with E-state index in [-0.39, 0.29) is 16.3 Å². The molecule has 35 heavy (non-hydrogen) atoms. The Bertz CT molecular complexity index is 1310. The number of amides is 1. The molecule has 9 nitrogen and oxygen atoms in total. The molecule has 0 saturated carbocycles. The number of rotatable bonds is 10. The van der Waals surface area contributed by atoms with E-state index in [1.165, 1.54) is 45.7 Å². The van der Waals surface area contributed by atoms with Crippen molar-refractivity contribution in [3.05, 3.63) is 77.9 Å². The first-order valence-corrected chi connectivity index (χ1v) is 12.0. The van der Waals surface area contributed by atoms with Crippen LogP contribution < -0.4 is 23.9 Å². The van der Waals surface area contributed by atoms with Gasteiger partial charge in [0.2, 0.25) is 0 Å². The minimum Gasteiger partial charge on any atom is -0.497 e. The van der Waals surface area contributed by atoms with E-state index in [4.69, 9.17) is 14.2 Å². The molecule has 0 spiro atoms. The molecule has 0 aliphatic rings. The summed E-state index contributed by atoms with van der Waals surface area (Å²) in [6, 6.07) is 18.2. The summed E-state index contributed by atoms with van der Waals surface area (Å²) in [7, 11) is 0.301. The Hall–Kier alpha value is -4.05. The average molecular weight is 498 g/mol. The molecule has 0 aliphatic carbocycles. The molecule has 0 aliphatic heterocycles. The fourth-order valence-electron chi connectivity index (χ4n) is 3.24. The molecular formula is C25H27N3O6S. The summed E-state index contributed by atoms with van der Waals surface area (Å²) in [6.45, 7) is 1.32. The molecule has 184 valence electrons. The number of methoxy groups -OCH3 is 3. The van der Waals surface area contributed by atoms with E-state index in [1.807, 2.05) is 13.0 Å². The third-order valence-electron chi connectivity index (χ3n) is 5.08. The predicted molar refractivity (Wildman–Crippen MR) is 134 cm³/mol. The Morgan fingerprint density at radius 3 is 2.29 bits per heavy atom. The quantitative estimate of drug-likeness (QED) is 0.340. The van der Waals surface area contributed by atoms with Crippen LogP contribution in [-0.2, 0) is 14.8 Å². The normalized spacial score (nSPS) is 11.2. The first-order chi connectivity index (χ1) is 16.8.